The van der Waals surface area contributed by atoms with E-state index in [2.05, 4.69) is 17.1 Å². The van der Waals surface area contributed by atoms with Crippen LogP contribution in [0.15, 0.2) is 5.16 Å². The second-order valence-electron chi connectivity index (χ2n) is 5.72. The summed E-state index contributed by atoms with van der Waals surface area (Å²) >= 11 is 0. The smallest absolute Gasteiger partial charge is 0.273 e. The number of primary sulfonamides is 1. The lowest BCUT2D eigenvalue weighted by Crippen LogP contribution is -2.25. The van der Waals surface area contributed by atoms with Gasteiger partial charge < -0.3 is 0 Å². The molecule has 2 aliphatic carbocycles. The monoisotopic (exact) mass is 270 g/mol. The molecular weight excluding hydrogens is 252 g/mol. The second-order valence-corrected chi connectivity index (χ2v) is 7.18. The van der Waals surface area contributed by atoms with Crippen LogP contribution in [0, 0.1) is 0 Å². The lowest BCUT2D eigenvalue weighted by atomic mass is 9.88. The first-order valence-corrected chi connectivity index (χ1v) is 7.95. The van der Waals surface area contributed by atoms with E-state index < -0.39 is 10.0 Å². The highest BCUT2D eigenvalue weighted by Gasteiger charge is 2.41. The molecule has 0 aromatic carbocycles. The SMILES string of the molecule is CC1(c2nnc(S(N)(=O)=O)n2C2CC2)CCCC1. The number of hydrogen-bond acceptors (Lipinski definition) is 4. The van der Waals surface area contributed by atoms with E-state index in [0.29, 0.717) is 0 Å². The van der Waals surface area contributed by atoms with Gasteiger partial charge in [0.15, 0.2) is 0 Å². The van der Waals surface area contributed by atoms with E-state index in [1.54, 1.807) is 4.57 Å². The van der Waals surface area contributed by atoms with Gasteiger partial charge in [-0.15, -0.1) is 10.2 Å². The van der Waals surface area contributed by atoms with Crippen LogP contribution in [0.2, 0.25) is 0 Å². The summed E-state index contributed by atoms with van der Waals surface area (Å²) in [6.07, 6.45) is 6.40. The highest BCUT2D eigenvalue weighted by Crippen LogP contribution is 2.45. The predicted octanol–water partition coefficient (Wildman–Crippen LogP) is 1.09. The number of rotatable bonds is 3. The van der Waals surface area contributed by atoms with Crippen molar-refractivity contribution in [1.82, 2.24) is 14.8 Å². The van der Waals surface area contributed by atoms with E-state index in [1.807, 2.05) is 0 Å². The summed E-state index contributed by atoms with van der Waals surface area (Å²) in [5.74, 6) is 0.812. The Morgan fingerprint density at radius 1 is 1.28 bits per heavy atom. The zero-order valence-corrected chi connectivity index (χ0v) is 11.3. The Morgan fingerprint density at radius 3 is 2.39 bits per heavy atom. The molecule has 2 fully saturated rings. The van der Waals surface area contributed by atoms with E-state index in [1.165, 1.54) is 12.8 Å². The summed E-state index contributed by atoms with van der Waals surface area (Å²) in [7, 11) is -3.78. The largest absolute Gasteiger partial charge is 0.297 e. The minimum absolute atomic E-state index is 0.0431. The van der Waals surface area contributed by atoms with Gasteiger partial charge in [0.25, 0.3) is 15.2 Å². The fourth-order valence-electron chi connectivity index (χ4n) is 2.92. The highest BCUT2D eigenvalue weighted by atomic mass is 32.2. The van der Waals surface area contributed by atoms with E-state index >= 15 is 0 Å². The Hall–Kier alpha value is -0.950. The van der Waals surface area contributed by atoms with Gasteiger partial charge in [-0.2, -0.15) is 0 Å². The third-order valence-electron chi connectivity index (χ3n) is 4.08. The van der Waals surface area contributed by atoms with Crippen LogP contribution in [0.1, 0.15) is 57.3 Å². The Labute approximate surface area is 107 Å². The van der Waals surface area contributed by atoms with Crippen molar-refractivity contribution >= 4 is 10.0 Å². The van der Waals surface area contributed by atoms with Crippen molar-refractivity contribution in [1.29, 1.82) is 0 Å². The standard InChI is InChI=1S/C11H18N4O2S/c1-11(6-2-3-7-11)9-13-14-10(18(12,16)17)15(9)8-4-5-8/h8H,2-7H2,1H3,(H2,12,16,17). The fraction of sp³-hybridized carbons (Fsp3) is 0.818. The average Bonchev–Trinajstić information content (AvgIpc) is 2.85. The summed E-state index contributed by atoms with van der Waals surface area (Å²) in [6.45, 7) is 2.15. The Kier molecular flexibility index (Phi) is 2.54. The Morgan fingerprint density at radius 2 is 1.89 bits per heavy atom. The molecule has 0 atom stereocenters. The quantitative estimate of drug-likeness (QED) is 0.890. The maximum absolute atomic E-state index is 11.6. The van der Waals surface area contributed by atoms with Gasteiger partial charge >= 0.3 is 0 Å². The Bertz CT molecular complexity index is 568. The van der Waals surface area contributed by atoms with E-state index in [0.717, 1.165) is 31.5 Å². The normalized spacial score (nSPS) is 23.4. The molecule has 100 valence electrons. The molecule has 0 unspecified atom stereocenters. The predicted molar refractivity (Wildman–Crippen MR) is 65.5 cm³/mol. The van der Waals surface area contributed by atoms with Crippen LogP contribution in [0.3, 0.4) is 0 Å². The molecule has 0 radical (unpaired) electrons. The number of aromatic nitrogens is 3. The minimum Gasteiger partial charge on any atom is -0.297 e. The van der Waals surface area contributed by atoms with E-state index in [9.17, 15) is 8.42 Å². The fourth-order valence-corrected chi connectivity index (χ4v) is 3.59. The van der Waals surface area contributed by atoms with Crippen molar-refractivity contribution in [3.63, 3.8) is 0 Å². The highest BCUT2D eigenvalue weighted by molar-refractivity contribution is 7.89. The first kappa shape index (κ1) is 12.1. The van der Waals surface area contributed by atoms with Crippen molar-refractivity contribution in [2.24, 2.45) is 5.14 Å². The van der Waals surface area contributed by atoms with Gasteiger partial charge in [0.05, 0.1) is 0 Å². The molecule has 1 aromatic rings. The maximum Gasteiger partial charge on any atom is 0.273 e. The van der Waals surface area contributed by atoms with E-state index in [4.69, 9.17) is 5.14 Å². The molecule has 0 bridgehead atoms. The van der Waals surface area contributed by atoms with Crippen molar-refractivity contribution < 1.29 is 8.42 Å². The molecule has 6 nitrogen and oxygen atoms in total. The number of nitrogens with zero attached hydrogens (tertiary/aromatic N) is 3. The van der Waals surface area contributed by atoms with Gasteiger partial charge in [-0.25, -0.2) is 13.6 Å². The summed E-state index contributed by atoms with van der Waals surface area (Å²) in [6, 6.07) is 0.223. The van der Waals surface area contributed by atoms with Gasteiger partial charge in [0, 0.05) is 11.5 Å². The van der Waals surface area contributed by atoms with Gasteiger partial charge in [0.1, 0.15) is 5.82 Å². The Balaban J connectivity index is 2.13. The zero-order valence-electron chi connectivity index (χ0n) is 10.5. The molecule has 2 saturated carbocycles. The minimum atomic E-state index is -3.78. The summed E-state index contributed by atoms with van der Waals surface area (Å²) in [4.78, 5) is 0. The number of sulfonamides is 1. The number of hydrogen-bond donors (Lipinski definition) is 1. The summed E-state index contributed by atoms with van der Waals surface area (Å²) in [5.41, 5.74) is -0.0431. The first-order chi connectivity index (χ1) is 8.42. The second kappa shape index (κ2) is 3.77. The molecular formula is C11H18N4O2S. The molecule has 18 heavy (non-hydrogen) atoms. The molecule has 0 spiro atoms. The topological polar surface area (TPSA) is 90.9 Å². The van der Waals surface area contributed by atoms with Gasteiger partial charge in [-0.05, 0) is 25.7 Å². The lowest BCUT2D eigenvalue weighted by molar-refractivity contribution is 0.422. The molecule has 0 aliphatic heterocycles. The number of nitrogens with two attached hydrogens (primary N) is 1. The van der Waals surface area contributed by atoms with Crippen LogP contribution < -0.4 is 5.14 Å². The van der Waals surface area contributed by atoms with Crippen LogP contribution in [-0.4, -0.2) is 23.2 Å². The van der Waals surface area contributed by atoms with Gasteiger partial charge in [-0.1, -0.05) is 19.8 Å². The summed E-state index contributed by atoms with van der Waals surface area (Å²) in [5, 5.41) is 13.2. The van der Waals surface area contributed by atoms with Crippen LogP contribution in [0.5, 0.6) is 0 Å². The van der Waals surface area contributed by atoms with Crippen molar-refractivity contribution in [3.8, 4) is 0 Å². The van der Waals surface area contributed by atoms with Crippen LogP contribution in [-0.2, 0) is 15.4 Å². The molecule has 2 aliphatic rings. The van der Waals surface area contributed by atoms with Gasteiger partial charge in [-0.3, -0.25) is 4.57 Å². The third kappa shape index (κ3) is 1.85. The van der Waals surface area contributed by atoms with E-state index in [-0.39, 0.29) is 16.6 Å². The molecule has 3 rings (SSSR count). The van der Waals surface area contributed by atoms with Crippen molar-refractivity contribution in [2.75, 3.05) is 0 Å². The molecule has 0 saturated heterocycles. The third-order valence-corrected chi connectivity index (χ3v) is 4.87. The van der Waals surface area contributed by atoms with Crippen molar-refractivity contribution in [3.05, 3.63) is 5.82 Å². The molecule has 1 aromatic heterocycles. The van der Waals surface area contributed by atoms with Crippen LogP contribution in [0.4, 0.5) is 0 Å². The first-order valence-electron chi connectivity index (χ1n) is 6.40. The molecule has 2 N–H and O–H groups in total. The maximum atomic E-state index is 11.6. The molecule has 7 heteroatoms. The zero-order chi connectivity index (χ0) is 13.0. The average molecular weight is 270 g/mol. The van der Waals surface area contributed by atoms with Crippen molar-refractivity contribution in [2.45, 2.75) is 62.1 Å². The molecule has 0 amide bonds. The van der Waals surface area contributed by atoms with Crippen LogP contribution in [0.25, 0.3) is 0 Å². The lowest BCUT2D eigenvalue weighted by Gasteiger charge is -2.23. The molecule has 1 heterocycles. The van der Waals surface area contributed by atoms with Crippen LogP contribution >= 0.6 is 0 Å². The summed E-state index contributed by atoms with van der Waals surface area (Å²) < 4.78 is 24.9. The van der Waals surface area contributed by atoms with Gasteiger partial charge in [0.2, 0.25) is 0 Å².